The van der Waals surface area contributed by atoms with Crippen molar-refractivity contribution in [3.8, 4) is 0 Å². The molecule has 2 aromatic rings. The zero-order valence-electron chi connectivity index (χ0n) is 11.7. The molecule has 1 unspecified atom stereocenters. The Labute approximate surface area is 120 Å². The highest BCUT2D eigenvalue weighted by molar-refractivity contribution is 7.91. The quantitative estimate of drug-likeness (QED) is 0.832. The standard InChI is InChI=1S/C16H21NO2S/c1-13(17)6-4-5-11-20(18,19)16-10-9-14-7-2-3-8-15(14)12-16/h2-3,7-10,12-13H,4-6,11,17H2,1H3. The molecule has 0 fully saturated rings. The highest BCUT2D eigenvalue weighted by Crippen LogP contribution is 2.20. The minimum Gasteiger partial charge on any atom is -0.328 e. The fraction of sp³-hybridized carbons (Fsp3) is 0.375. The van der Waals surface area contributed by atoms with Gasteiger partial charge < -0.3 is 5.73 Å². The van der Waals surface area contributed by atoms with Crippen LogP contribution in [0.15, 0.2) is 47.4 Å². The topological polar surface area (TPSA) is 60.2 Å². The van der Waals surface area contributed by atoms with Crippen LogP contribution in [-0.2, 0) is 9.84 Å². The summed E-state index contributed by atoms with van der Waals surface area (Å²) in [6.45, 7) is 1.94. The van der Waals surface area contributed by atoms with Crippen LogP contribution in [0.5, 0.6) is 0 Å². The molecule has 20 heavy (non-hydrogen) atoms. The molecule has 3 nitrogen and oxygen atoms in total. The van der Waals surface area contributed by atoms with Crippen LogP contribution in [0.25, 0.3) is 10.8 Å². The Balaban J connectivity index is 2.11. The van der Waals surface area contributed by atoms with E-state index in [0.29, 0.717) is 11.3 Å². The van der Waals surface area contributed by atoms with E-state index in [1.807, 2.05) is 37.3 Å². The molecule has 0 saturated heterocycles. The van der Waals surface area contributed by atoms with Gasteiger partial charge in [-0.2, -0.15) is 0 Å². The van der Waals surface area contributed by atoms with Crippen LogP contribution in [0.2, 0.25) is 0 Å². The van der Waals surface area contributed by atoms with Crippen LogP contribution in [0.1, 0.15) is 26.2 Å². The van der Waals surface area contributed by atoms with Crippen molar-refractivity contribution in [1.82, 2.24) is 0 Å². The molecular formula is C16H21NO2S. The number of hydrogen-bond acceptors (Lipinski definition) is 3. The highest BCUT2D eigenvalue weighted by Gasteiger charge is 2.14. The maximum absolute atomic E-state index is 12.3. The molecule has 108 valence electrons. The van der Waals surface area contributed by atoms with Gasteiger partial charge in [-0.1, -0.05) is 36.8 Å². The Morgan fingerprint density at radius 3 is 2.45 bits per heavy atom. The smallest absolute Gasteiger partial charge is 0.178 e. The maximum Gasteiger partial charge on any atom is 0.178 e. The number of sulfone groups is 1. The molecule has 0 heterocycles. The Kier molecular flexibility index (Phi) is 4.78. The van der Waals surface area contributed by atoms with E-state index in [9.17, 15) is 8.42 Å². The summed E-state index contributed by atoms with van der Waals surface area (Å²) in [7, 11) is -3.19. The van der Waals surface area contributed by atoms with Gasteiger partial charge in [-0.25, -0.2) is 8.42 Å². The van der Waals surface area contributed by atoms with Gasteiger partial charge >= 0.3 is 0 Å². The van der Waals surface area contributed by atoms with Crippen molar-refractivity contribution in [1.29, 1.82) is 0 Å². The molecule has 0 aromatic heterocycles. The van der Waals surface area contributed by atoms with Crippen LogP contribution in [0.3, 0.4) is 0 Å². The van der Waals surface area contributed by atoms with Crippen molar-refractivity contribution in [2.24, 2.45) is 5.73 Å². The second-order valence-electron chi connectivity index (χ2n) is 5.30. The van der Waals surface area contributed by atoms with Gasteiger partial charge in [-0.05, 0) is 42.7 Å². The van der Waals surface area contributed by atoms with Crippen LogP contribution < -0.4 is 5.73 Å². The number of unbranched alkanes of at least 4 members (excludes halogenated alkanes) is 1. The van der Waals surface area contributed by atoms with E-state index in [4.69, 9.17) is 5.73 Å². The number of rotatable bonds is 6. The maximum atomic E-state index is 12.3. The minimum atomic E-state index is -3.19. The first kappa shape index (κ1) is 15.0. The predicted octanol–water partition coefficient (Wildman–Crippen LogP) is 3.13. The lowest BCUT2D eigenvalue weighted by molar-refractivity contribution is 0.580. The first-order valence-electron chi connectivity index (χ1n) is 6.96. The zero-order valence-corrected chi connectivity index (χ0v) is 12.6. The first-order chi connectivity index (χ1) is 9.49. The Morgan fingerprint density at radius 1 is 1.05 bits per heavy atom. The normalized spacial score (nSPS) is 13.5. The fourth-order valence-electron chi connectivity index (χ4n) is 2.24. The van der Waals surface area contributed by atoms with Crippen LogP contribution >= 0.6 is 0 Å². The van der Waals surface area contributed by atoms with Crippen LogP contribution in [-0.4, -0.2) is 20.2 Å². The molecule has 0 bridgehead atoms. The summed E-state index contributed by atoms with van der Waals surface area (Å²) in [6, 6.07) is 13.2. The van der Waals surface area contributed by atoms with Gasteiger partial charge in [0, 0.05) is 6.04 Å². The van der Waals surface area contributed by atoms with E-state index < -0.39 is 9.84 Å². The van der Waals surface area contributed by atoms with Crippen molar-refractivity contribution < 1.29 is 8.42 Å². The van der Waals surface area contributed by atoms with Gasteiger partial charge in [-0.15, -0.1) is 0 Å². The second-order valence-corrected chi connectivity index (χ2v) is 7.41. The fourth-order valence-corrected chi connectivity index (χ4v) is 3.64. The molecule has 1 atom stereocenters. The molecule has 0 aliphatic heterocycles. The van der Waals surface area contributed by atoms with Crippen molar-refractivity contribution >= 4 is 20.6 Å². The average Bonchev–Trinajstić information content (AvgIpc) is 2.43. The number of benzene rings is 2. The summed E-state index contributed by atoms with van der Waals surface area (Å²) >= 11 is 0. The second kappa shape index (κ2) is 6.37. The van der Waals surface area contributed by atoms with E-state index in [0.717, 1.165) is 23.6 Å². The lowest BCUT2D eigenvalue weighted by atomic mass is 10.1. The van der Waals surface area contributed by atoms with Gasteiger partial charge in [0.25, 0.3) is 0 Å². The van der Waals surface area contributed by atoms with Crippen LogP contribution in [0.4, 0.5) is 0 Å². The Hall–Kier alpha value is -1.39. The molecule has 0 spiro atoms. The number of fused-ring (bicyclic) bond motifs is 1. The molecule has 0 aliphatic carbocycles. The Bertz CT molecular complexity index is 678. The molecular weight excluding hydrogens is 270 g/mol. The molecule has 2 rings (SSSR count). The number of hydrogen-bond donors (Lipinski definition) is 1. The van der Waals surface area contributed by atoms with Crippen molar-refractivity contribution in [2.75, 3.05) is 5.75 Å². The first-order valence-corrected chi connectivity index (χ1v) is 8.61. The SMILES string of the molecule is CC(N)CCCCS(=O)(=O)c1ccc2ccccc2c1. The molecule has 0 saturated carbocycles. The minimum absolute atomic E-state index is 0.137. The van der Waals surface area contributed by atoms with Gasteiger partial charge in [0.2, 0.25) is 0 Å². The molecule has 2 aromatic carbocycles. The summed E-state index contributed by atoms with van der Waals surface area (Å²) < 4.78 is 24.6. The average molecular weight is 291 g/mol. The monoisotopic (exact) mass is 291 g/mol. The van der Waals surface area contributed by atoms with Crippen molar-refractivity contribution in [3.63, 3.8) is 0 Å². The van der Waals surface area contributed by atoms with E-state index in [1.54, 1.807) is 12.1 Å². The van der Waals surface area contributed by atoms with Gasteiger partial charge in [0.05, 0.1) is 10.6 Å². The van der Waals surface area contributed by atoms with E-state index >= 15 is 0 Å². The lowest BCUT2D eigenvalue weighted by Crippen LogP contribution is -2.15. The Morgan fingerprint density at radius 2 is 1.75 bits per heavy atom. The summed E-state index contributed by atoms with van der Waals surface area (Å²) in [5.74, 6) is 0.193. The van der Waals surface area contributed by atoms with Crippen LogP contribution in [0, 0.1) is 0 Å². The highest BCUT2D eigenvalue weighted by atomic mass is 32.2. The van der Waals surface area contributed by atoms with Crippen molar-refractivity contribution in [3.05, 3.63) is 42.5 Å². The predicted molar refractivity (Wildman–Crippen MR) is 83.5 cm³/mol. The zero-order chi connectivity index (χ0) is 14.6. The third-order valence-electron chi connectivity index (χ3n) is 3.40. The largest absolute Gasteiger partial charge is 0.328 e. The summed E-state index contributed by atoms with van der Waals surface area (Å²) in [5.41, 5.74) is 5.67. The van der Waals surface area contributed by atoms with Gasteiger partial charge in [0.15, 0.2) is 9.84 Å². The third-order valence-corrected chi connectivity index (χ3v) is 5.20. The van der Waals surface area contributed by atoms with E-state index in [1.165, 1.54) is 0 Å². The van der Waals surface area contributed by atoms with Crippen molar-refractivity contribution in [2.45, 2.75) is 37.1 Å². The summed E-state index contributed by atoms with van der Waals surface area (Å²) in [5, 5.41) is 2.02. The third kappa shape index (κ3) is 3.81. The van der Waals surface area contributed by atoms with Gasteiger partial charge in [-0.3, -0.25) is 0 Å². The molecule has 2 N–H and O–H groups in total. The number of nitrogens with two attached hydrogens (primary N) is 1. The lowest BCUT2D eigenvalue weighted by Gasteiger charge is -2.07. The van der Waals surface area contributed by atoms with E-state index in [2.05, 4.69) is 0 Å². The van der Waals surface area contributed by atoms with E-state index in [-0.39, 0.29) is 11.8 Å². The summed E-state index contributed by atoms with van der Waals surface area (Å²) in [4.78, 5) is 0.414. The molecule has 0 aliphatic rings. The molecule has 0 amide bonds. The molecule has 0 radical (unpaired) electrons. The van der Waals surface area contributed by atoms with Gasteiger partial charge in [0.1, 0.15) is 0 Å². The summed E-state index contributed by atoms with van der Waals surface area (Å²) in [6.07, 6.45) is 2.38. The molecule has 4 heteroatoms.